The Labute approximate surface area is 187 Å². The predicted molar refractivity (Wildman–Crippen MR) is 121 cm³/mol. The standard InChI is InChI=1S/C24H25N3O4S/c1-17(18-6-4-9-22(14-18)31-16-21-8-2-3-13-25-21)26-24(28)19-7-5-10-23(15-19)32(29,30)27-20-11-12-20/h2-10,13-15,17,20,27H,11-12,16H2,1H3,(H,26,28). The van der Waals surface area contributed by atoms with Crippen LogP contribution in [0.25, 0.3) is 0 Å². The highest BCUT2D eigenvalue weighted by Crippen LogP contribution is 2.23. The van der Waals surface area contributed by atoms with Crippen LogP contribution in [0.2, 0.25) is 0 Å². The number of aromatic nitrogens is 1. The maximum Gasteiger partial charge on any atom is 0.251 e. The third-order valence-electron chi connectivity index (χ3n) is 5.12. The molecule has 8 heteroatoms. The first kappa shape index (κ1) is 22.0. The number of nitrogens with zero attached hydrogens (tertiary/aromatic N) is 1. The highest BCUT2D eigenvalue weighted by atomic mass is 32.2. The van der Waals surface area contributed by atoms with Gasteiger partial charge in [-0.25, -0.2) is 13.1 Å². The van der Waals surface area contributed by atoms with Crippen molar-refractivity contribution in [2.45, 2.75) is 43.4 Å². The quantitative estimate of drug-likeness (QED) is 0.518. The molecule has 0 radical (unpaired) electrons. The van der Waals surface area contributed by atoms with Crippen LogP contribution in [-0.4, -0.2) is 25.4 Å². The Hall–Kier alpha value is -3.23. The van der Waals surface area contributed by atoms with Gasteiger partial charge in [-0.05, 0) is 67.8 Å². The average Bonchev–Trinajstić information content (AvgIpc) is 3.62. The lowest BCUT2D eigenvalue weighted by atomic mass is 10.1. The van der Waals surface area contributed by atoms with Crippen molar-refractivity contribution in [3.63, 3.8) is 0 Å². The second kappa shape index (κ2) is 9.50. The minimum absolute atomic E-state index is 0.00433. The van der Waals surface area contributed by atoms with Crippen LogP contribution in [0.4, 0.5) is 0 Å². The zero-order chi connectivity index (χ0) is 22.6. The van der Waals surface area contributed by atoms with Gasteiger partial charge in [0.15, 0.2) is 0 Å². The molecule has 1 amide bonds. The molecule has 7 nitrogen and oxygen atoms in total. The molecule has 1 unspecified atom stereocenters. The van der Waals surface area contributed by atoms with Crippen LogP contribution in [0.15, 0.2) is 77.8 Å². The lowest BCUT2D eigenvalue weighted by Gasteiger charge is -2.16. The molecule has 0 spiro atoms. The summed E-state index contributed by atoms with van der Waals surface area (Å²) in [6, 6.07) is 18.9. The summed E-state index contributed by atoms with van der Waals surface area (Å²) < 4.78 is 33.3. The summed E-state index contributed by atoms with van der Waals surface area (Å²) in [5, 5.41) is 2.92. The second-order valence-corrected chi connectivity index (χ2v) is 9.51. The topological polar surface area (TPSA) is 97.4 Å². The van der Waals surface area contributed by atoms with E-state index in [2.05, 4.69) is 15.0 Å². The minimum atomic E-state index is -3.62. The molecule has 166 valence electrons. The first-order valence-electron chi connectivity index (χ1n) is 10.5. The van der Waals surface area contributed by atoms with Crippen molar-refractivity contribution >= 4 is 15.9 Å². The fourth-order valence-corrected chi connectivity index (χ4v) is 4.52. The largest absolute Gasteiger partial charge is 0.487 e. The van der Waals surface area contributed by atoms with E-state index in [0.717, 1.165) is 24.1 Å². The van der Waals surface area contributed by atoms with Crippen molar-refractivity contribution in [3.05, 3.63) is 89.7 Å². The maximum absolute atomic E-state index is 12.8. The maximum atomic E-state index is 12.8. The van der Waals surface area contributed by atoms with Gasteiger partial charge in [0.25, 0.3) is 5.91 Å². The van der Waals surface area contributed by atoms with E-state index in [-0.39, 0.29) is 28.4 Å². The molecule has 3 aromatic rings. The van der Waals surface area contributed by atoms with E-state index >= 15 is 0 Å². The Balaban J connectivity index is 1.41. The highest BCUT2D eigenvalue weighted by molar-refractivity contribution is 7.89. The predicted octanol–water partition coefficient (Wildman–Crippen LogP) is 3.59. The molecular formula is C24H25N3O4S. The molecule has 0 aliphatic heterocycles. The van der Waals surface area contributed by atoms with Crippen LogP contribution in [-0.2, 0) is 16.6 Å². The molecule has 1 fully saturated rings. The lowest BCUT2D eigenvalue weighted by Crippen LogP contribution is -2.28. The summed E-state index contributed by atoms with van der Waals surface area (Å²) in [5.41, 5.74) is 1.99. The zero-order valence-electron chi connectivity index (χ0n) is 17.7. The fraction of sp³-hybridized carbons (Fsp3) is 0.250. The van der Waals surface area contributed by atoms with E-state index in [4.69, 9.17) is 4.74 Å². The number of amides is 1. The van der Waals surface area contributed by atoms with Crippen molar-refractivity contribution in [2.24, 2.45) is 0 Å². The van der Waals surface area contributed by atoms with Gasteiger partial charge in [0.2, 0.25) is 10.0 Å². The fourth-order valence-electron chi connectivity index (χ4n) is 3.17. The summed E-state index contributed by atoms with van der Waals surface area (Å²) in [4.78, 5) is 17.1. The molecule has 1 saturated carbocycles. The molecule has 2 N–H and O–H groups in total. The van der Waals surface area contributed by atoms with Crippen molar-refractivity contribution in [1.29, 1.82) is 0 Å². The number of carbonyl (C=O) groups is 1. The molecule has 0 bridgehead atoms. The number of nitrogens with one attached hydrogen (secondary N) is 2. The van der Waals surface area contributed by atoms with Crippen LogP contribution in [0.5, 0.6) is 5.75 Å². The Morgan fingerprint density at radius 2 is 1.91 bits per heavy atom. The summed E-state index contributed by atoms with van der Waals surface area (Å²) in [6.45, 7) is 2.21. The van der Waals surface area contributed by atoms with Crippen molar-refractivity contribution in [1.82, 2.24) is 15.0 Å². The number of sulfonamides is 1. The van der Waals surface area contributed by atoms with Gasteiger partial charge in [-0.3, -0.25) is 9.78 Å². The van der Waals surface area contributed by atoms with E-state index in [1.54, 1.807) is 18.3 Å². The third-order valence-corrected chi connectivity index (χ3v) is 6.64. The monoisotopic (exact) mass is 451 g/mol. The molecular weight excluding hydrogens is 426 g/mol. The Morgan fingerprint density at radius 1 is 1.09 bits per heavy atom. The molecule has 2 aromatic carbocycles. The average molecular weight is 452 g/mol. The van der Waals surface area contributed by atoms with Crippen LogP contribution in [0.3, 0.4) is 0 Å². The van der Waals surface area contributed by atoms with Gasteiger partial charge in [-0.2, -0.15) is 0 Å². The van der Waals surface area contributed by atoms with E-state index < -0.39 is 10.0 Å². The number of carbonyl (C=O) groups excluding carboxylic acids is 1. The molecule has 1 aromatic heterocycles. The number of hydrogen-bond acceptors (Lipinski definition) is 5. The normalized spacial score (nSPS) is 14.5. The van der Waals surface area contributed by atoms with E-state index in [0.29, 0.717) is 12.4 Å². The Kier molecular flexibility index (Phi) is 6.53. The first-order valence-corrected chi connectivity index (χ1v) is 11.9. The zero-order valence-corrected chi connectivity index (χ0v) is 18.5. The lowest BCUT2D eigenvalue weighted by molar-refractivity contribution is 0.0939. The van der Waals surface area contributed by atoms with Crippen molar-refractivity contribution < 1.29 is 17.9 Å². The van der Waals surface area contributed by atoms with E-state index in [1.165, 1.54) is 12.1 Å². The van der Waals surface area contributed by atoms with Crippen molar-refractivity contribution in [3.8, 4) is 5.75 Å². The van der Waals surface area contributed by atoms with Gasteiger partial charge < -0.3 is 10.1 Å². The molecule has 32 heavy (non-hydrogen) atoms. The Bertz CT molecular complexity index is 1190. The summed E-state index contributed by atoms with van der Waals surface area (Å²) >= 11 is 0. The number of benzene rings is 2. The van der Waals surface area contributed by atoms with Gasteiger partial charge in [-0.15, -0.1) is 0 Å². The van der Waals surface area contributed by atoms with Gasteiger partial charge in [-0.1, -0.05) is 24.3 Å². The van der Waals surface area contributed by atoms with Crippen LogP contribution < -0.4 is 14.8 Å². The van der Waals surface area contributed by atoms with Crippen LogP contribution >= 0.6 is 0 Å². The molecule has 0 saturated heterocycles. The van der Waals surface area contributed by atoms with E-state index in [9.17, 15) is 13.2 Å². The molecule has 1 aliphatic carbocycles. The molecule has 1 atom stereocenters. The molecule has 1 aliphatic rings. The number of ether oxygens (including phenoxy) is 1. The second-order valence-electron chi connectivity index (χ2n) is 7.80. The molecule has 1 heterocycles. The molecule has 4 rings (SSSR count). The third kappa shape index (κ3) is 5.72. The van der Waals surface area contributed by atoms with Gasteiger partial charge in [0, 0.05) is 17.8 Å². The highest BCUT2D eigenvalue weighted by Gasteiger charge is 2.28. The van der Waals surface area contributed by atoms with Crippen LogP contribution in [0, 0.1) is 0 Å². The number of rotatable bonds is 9. The van der Waals surface area contributed by atoms with Crippen molar-refractivity contribution in [2.75, 3.05) is 0 Å². The first-order chi connectivity index (χ1) is 15.4. The van der Waals surface area contributed by atoms with Gasteiger partial charge >= 0.3 is 0 Å². The van der Waals surface area contributed by atoms with E-state index in [1.807, 2.05) is 49.4 Å². The summed E-state index contributed by atoms with van der Waals surface area (Å²) in [5.74, 6) is 0.328. The number of hydrogen-bond donors (Lipinski definition) is 2. The summed E-state index contributed by atoms with van der Waals surface area (Å²) in [7, 11) is -3.62. The SMILES string of the molecule is CC(NC(=O)c1cccc(S(=O)(=O)NC2CC2)c1)c1cccc(OCc2ccccn2)c1. The van der Waals surface area contributed by atoms with Gasteiger partial charge in [0.1, 0.15) is 12.4 Å². The number of pyridine rings is 1. The van der Waals surface area contributed by atoms with Gasteiger partial charge in [0.05, 0.1) is 16.6 Å². The minimum Gasteiger partial charge on any atom is -0.487 e. The van der Waals surface area contributed by atoms with Crippen LogP contribution in [0.1, 0.15) is 47.4 Å². The summed E-state index contributed by atoms with van der Waals surface area (Å²) in [6.07, 6.45) is 3.41. The Morgan fingerprint density at radius 3 is 2.66 bits per heavy atom. The smallest absolute Gasteiger partial charge is 0.251 e.